The Morgan fingerprint density at radius 1 is 0.840 bits per heavy atom. The molecule has 0 fully saturated rings. The molecule has 0 aliphatic rings. The van der Waals surface area contributed by atoms with Gasteiger partial charge in [-0.05, 0) is 30.2 Å². The summed E-state index contributed by atoms with van der Waals surface area (Å²) in [4.78, 5) is 12.0. The molecule has 0 saturated carbocycles. The van der Waals surface area contributed by atoms with Crippen LogP contribution >= 0.6 is 0 Å². The summed E-state index contributed by atoms with van der Waals surface area (Å²) in [7, 11) is 0. The molecule has 0 saturated heterocycles. The van der Waals surface area contributed by atoms with Crippen LogP contribution in [0.1, 0.15) is 22.4 Å². The van der Waals surface area contributed by atoms with E-state index in [1.54, 1.807) is 0 Å². The number of amides is 2. The number of aryl methyl sites for hydroxylation is 1. The lowest BCUT2D eigenvalue weighted by atomic mass is 10.1. The lowest BCUT2D eigenvalue weighted by Crippen LogP contribution is -2.35. The van der Waals surface area contributed by atoms with E-state index in [4.69, 9.17) is 0 Å². The van der Waals surface area contributed by atoms with E-state index in [-0.39, 0.29) is 6.03 Å². The number of rotatable bonds is 6. The Hall–Kier alpha value is -3.01. The Bertz CT molecular complexity index is 807. The van der Waals surface area contributed by atoms with Gasteiger partial charge in [-0.25, -0.2) is 4.79 Å². The third kappa shape index (κ3) is 4.98. The first kappa shape index (κ1) is 16.8. The molecule has 25 heavy (non-hydrogen) atoms. The van der Waals surface area contributed by atoms with Gasteiger partial charge in [0.05, 0.1) is 6.54 Å². The molecule has 0 bridgehead atoms. The van der Waals surface area contributed by atoms with Crippen LogP contribution in [0.4, 0.5) is 4.79 Å². The van der Waals surface area contributed by atoms with Crippen molar-refractivity contribution in [3.8, 4) is 0 Å². The minimum absolute atomic E-state index is 0.159. The van der Waals surface area contributed by atoms with Crippen molar-refractivity contribution in [1.29, 1.82) is 0 Å². The Kier molecular flexibility index (Phi) is 5.52. The Morgan fingerprint density at radius 3 is 2.32 bits per heavy atom. The summed E-state index contributed by atoms with van der Waals surface area (Å²) >= 11 is 0. The van der Waals surface area contributed by atoms with Gasteiger partial charge in [-0.3, -0.25) is 0 Å². The van der Waals surface area contributed by atoms with E-state index in [0.29, 0.717) is 13.1 Å². The molecule has 1 aromatic heterocycles. The van der Waals surface area contributed by atoms with Gasteiger partial charge >= 0.3 is 6.03 Å². The number of nitrogens with one attached hydrogen (secondary N) is 2. The maximum Gasteiger partial charge on any atom is 0.315 e. The van der Waals surface area contributed by atoms with E-state index >= 15 is 0 Å². The van der Waals surface area contributed by atoms with Crippen LogP contribution in [0.3, 0.4) is 0 Å². The van der Waals surface area contributed by atoms with Crippen molar-refractivity contribution < 1.29 is 4.79 Å². The number of nitrogens with zero attached hydrogens (tertiary/aromatic N) is 1. The molecule has 3 aromatic rings. The van der Waals surface area contributed by atoms with Crippen molar-refractivity contribution in [1.82, 2.24) is 15.2 Å². The number of urea groups is 1. The maximum absolute atomic E-state index is 12.0. The fourth-order valence-corrected chi connectivity index (χ4v) is 2.67. The zero-order valence-corrected chi connectivity index (χ0v) is 14.4. The van der Waals surface area contributed by atoms with E-state index in [1.165, 1.54) is 11.1 Å². The predicted molar refractivity (Wildman–Crippen MR) is 100 cm³/mol. The molecule has 1 heterocycles. The number of carbonyl (C=O) groups is 1. The first-order valence-corrected chi connectivity index (χ1v) is 8.46. The average molecular weight is 333 g/mol. The number of aromatic nitrogens is 1. The molecule has 128 valence electrons. The van der Waals surface area contributed by atoms with Crippen LogP contribution < -0.4 is 10.6 Å². The van der Waals surface area contributed by atoms with Gasteiger partial charge in [0.25, 0.3) is 0 Å². The summed E-state index contributed by atoms with van der Waals surface area (Å²) in [5, 5.41) is 5.81. The Labute approximate surface area is 148 Å². The second-order valence-electron chi connectivity index (χ2n) is 6.13. The first-order chi connectivity index (χ1) is 12.2. The van der Waals surface area contributed by atoms with E-state index in [0.717, 1.165) is 17.8 Å². The van der Waals surface area contributed by atoms with Gasteiger partial charge in [-0.1, -0.05) is 60.2 Å². The SMILES string of the molecule is Cc1ccc(CNC(=O)NCc2cccn2Cc2ccccc2)cc1. The van der Waals surface area contributed by atoms with Crippen LogP contribution in [0.25, 0.3) is 0 Å². The van der Waals surface area contributed by atoms with Crippen LogP contribution in [-0.4, -0.2) is 10.6 Å². The molecule has 0 atom stereocenters. The first-order valence-electron chi connectivity index (χ1n) is 8.46. The summed E-state index contributed by atoms with van der Waals surface area (Å²) < 4.78 is 2.15. The van der Waals surface area contributed by atoms with Gasteiger partial charge in [0.2, 0.25) is 0 Å². The zero-order chi connectivity index (χ0) is 17.5. The predicted octanol–water partition coefficient (Wildman–Crippen LogP) is 3.84. The van der Waals surface area contributed by atoms with E-state index in [9.17, 15) is 4.79 Å². The van der Waals surface area contributed by atoms with E-state index in [1.807, 2.05) is 60.8 Å². The van der Waals surface area contributed by atoms with Crippen molar-refractivity contribution in [3.05, 3.63) is 95.3 Å². The minimum Gasteiger partial charge on any atom is -0.345 e. The van der Waals surface area contributed by atoms with E-state index < -0.39 is 0 Å². The third-order valence-corrected chi connectivity index (χ3v) is 4.12. The highest BCUT2D eigenvalue weighted by atomic mass is 16.2. The fraction of sp³-hybridized carbons (Fsp3) is 0.190. The van der Waals surface area contributed by atoms with Crippen LogP contribution in [0, 0.1) is 6.92 Å². The quantitative estimate of drug-likeness (QED) is 0.707. The van der Waals surface area contributed by atoms with Crippen LogP contribution in [0.15, 0.2) is 72.9 Å². The number of hydrogen-bond donors (Lipinski definition) is 2. The van der Waals surface area contributed by atoms with Crippen LogP contribution in [0.2, 0.25) is 0 Å². The van der Waals surface area contributed by atoms with E-state index in [2.05, 4.69) is 34.3 Å². The maximum atomic E-state index is 12.0. The fourth-order valence-electron chi connectivity index (χ4n) is 2.67. The lowest BCUT2D eigenvalue weighted by Gasteiger charge is -2.11. The molecular formula is C21H23N3O. The molecule has 4 heteroatoms. The highest BCUT2D eigenvalue weighted by Crippen LogP contribution is 2.08. The molecule has 4 nitrogen and oxygen atoms in total. The summed E-state index contributed by atoms with van der Waals surface area (Å²) in [6, 6.07) is 22.3. The Morgan fingerprint density at radius 2 is 1.56 bits per heavy atom. The van der Waals surface area contributed by atoms with Crippen LogP contribution in [-0.2, 0) is 19.6 Å². The molecule has 0 aliphatic carbocycles. The normalized spacial score (nSPS) is 10.4. The summed E-state index contributed by atoms with van der Waals surface area (Å²) in [5.74, 6) is 0. The monoisotopic (exact) mass is 333 g/mol. The van der Waals surface area contributed by atoms with Gasteiger partial charge in [0, 0.05) is 25.0 Å². The highest BCUT2D eigenvalue weighted by Gasteiger charge is 2.05. The van der Waals surface area contributed by atoms with Crippen molar-refractivity contribution >= 4 is 6.03 Å². The minimum atomic E-state index is -0.159. The second kappa shape index (κ2) is 8.20. The standard InChI is InChI=1S/C21H23N3O/c1-17-9-11-18(12-10-17)14-22-21(25)23-15-20-8-5-13-24(20)16-19-6-3-2-4-7-19/h2-13H,14-16H2,1H3,(H2,22,23,25). The molecule has 0 spiro atoms. The summed E-state index contributed by atoms with van der Waals surface area (Å²) in [6.07, 6.45) is 2.04. The number of hydrogen-bond acceptors (Lipinski definition) is 1. The summed E-state index contributed by atoms with van der Waals surface area (Å²) in [6.45, 7) is 3.88. The zero-order valence-electron chi connectivity index (χ0n) is 14.4. The summed E-state index contributed by atoms with van der Waals surface area (Å²) in [5.41, 5.74) is 4.62. The smallest absolute Gasteiger partial charge is 0.315 e. The van der Waals surface area contributed by atoms with Gasteiger partial charge in [0.1, 0.15) is 0 Å². The largest absolute Gasteiger partial charge is 0.345 e. The number of carbonyl (C=O) groups excluding carboxylic acids is 1. The molecule has 3 rings (SSSR count). The molecule has 0 aliphatic heterocycles. The lowest BCUT2D eigenvalue weighted by molar-refractivity contribution is 0.240. The van der Waals surface area contributed by atoms with Crippen molar-refractivity contribution in [3.63, 3.8) is 0 Å². The molecule has 2 aromatic carbocycles. The van der Waals surface area contributed by atoms with Gasteiger partial charge in [0.15, 0.2) is 0 Å². The van der Waals surface area contributed by atoms with Gasteiger partial charge in [-0.2, -0.15) is 0 Å². The Balaban J connectivity index is 1.49. The van der Waals surface area contributed by atoms with Crippen molar-refractivity contribution in [2.24, 2.45) is 0 Å². The highest BCUT2D eigenvalue weighted by molar-refractivity contribution is 5.73. The third-order valence-electron chi connectivity index (χ3n) is 4.12. The molecule has 0 unspecified atom stereocenters. The number of benzene rings is 2. The second-order valence-corrected chi connectivity index (χ2v) is 6.13. The van der Waals surface area contributed by atoms with Crippen LogP contribution in [0.5, 0.6) is 0 Å². The molecule has 2 N–H and O–H groups in total. The molecular weight excluding hydrogens is 310 g/mol. The van der Waals surface area contributed by atoms with Gasteiger partial charge in [-0.15, -0.1) is 0 Å². The van der Waals surface area contributed by atoms with Crippen molar-refractivity contribution in [2.75, 3.05) is 0 Å². The molecule has 2 amide bonds. The topological polar surface area (TPSA) is 46.1 Å². The van der Waals surface area contributed by atoms with Crippen molar-refractivity contribution in [2.45, 2.75) is 26.6 Å². The van der Waals surface area contributed by atoms with Gasteiger partial charge < -0.3 is 15.2 Å². The average Bonchev–Trinajstić information content (AvgIpc) is 3.07. The molecule has 0 radical (unpaired) electrons.